The van der Waals surface area contributed by atoms with Gasteiger partial charge in [-0.05, 0) is 24.3 Å². The first-order valence-electron chi connectivity index (χ1n) is 7.22. The lowest BCUT2D eigenvalue weighted by Gasteiger charge is -2.15. The molecule has 0 fully saturated rings. The number of nitrogens with one attached hydrogen (secondary N) is 1. The molecule has 2 aromatic rings. The molecule has 0 bridgehead atoms. The van der Waals surface area contributed by atoms with Crippen LogP contribution in [0.3, 0.4) is 0 Å². The second kappa shape index (κ2) is 7.72. The Morgan fingerprint density at radius 2 is 1.92 bits per heavy atom. The summed E-state index contributed by atoms with van der Waals surface area (Å²) in [5, 5.41) is 4.34. The fourth-order valence-electron chi connectivity index (χ4n) is 1.95. The van der Waals surface area contributed by atoms with Gasteiger partial charge in [0.1, 0.15) is 0 Å². The molecule has 0 atom stereocenters. The summed E-state index contributed by atoms with van der Waals surface area (Å²) in [6, 6.07) is 5.72. The first-order chi connectivity index (χ1) is 11.7. The predicted molar refractivity (Wildman–Crippen MR) is 94.4 cm³/mol. The lowest BCUT2D eigenvalue weighted by Crippen LogP contribution is -2.32. The van der Waals surface area contributed by atoms with Crippen LogP contribution in [0.5, 0.6) is 0 Å². The summed E-state index contributed by atoms with van der Waals surface area (Å²) in [4.78, 5) is 27.4. The first-order valence-corrected chi connectivity index (χ1v) is 9.54. The normalized spacial score (nSPS) is 12.4. The van der Waals surface area contributed by atoms with E-state index < -0.39 is 15.9 Å². The molecule has 134 valence electrons. The van der Waals surface area contributed by atoms with Crippen molar-refractivity contribution < 1.29 is 18.0 Å². The lowest BCUT2D eigenvalue weighted by atomic mass is 10.3. The Morgan fingerprint density at radius 3 is 2.44 bits per heavy atom. The van der Waals surface area contributed by atoms with E-state index in [4.69, 9.17) is 0 Å². The van der Waals surface area contributed by atoms with Gasteiger partial charge >= 0.3 is 0 Å². The van der Waals surface area contributed by atoms with Crippen LogP contribution in [0.2, 0.25) is 0 Å². The van der Waals surface area contributed by atoms with Crippen LogP contribution < -0.4 is 10.1 Å². The molecule has 0 saturated carbocycles. The van der Waals surface area contributed by atoms with Crippen LogP contribution in [0.25, 0.3) is 0 Å². The van der Waals surface area contributed by atoms with Gasteiger partial charge in [0.15, 0.2) is 4.80 Å². The highest BCUT2D eigenvalue weighted by atomic mass is 32.2. The molecule has 1 heterocycles. The van der Waals surface area contributed by atoms with E-state index in [1.807, 2.05) is 0 Å². The SMILES string of the molecule is CC(=O)Nc1ccc(S(=O)(=O)N(C)CC(=O)N=c2sccn2C)cc1. The van der Waals surface area contributed by atoms with Gasteiger partial charge in [0.2, 0.25) is 15.9 Å². The molecule has 0 radical (unpaired) electrons. The fraction of sp³-hybridized carbons (Fsp3) is 0.267. The number of sulfonamides is 1. The van der Waals surface area contributed by atoms with Gasteiger partial charge in [0.25, 0.3) is 5.91 Å². The van der Waals surface area contributed by atoms with E-state index in [0.717, 1.165) is 4.31 Å². The average Bonchev–Trinajstić information content (AvgIpc) is 2.92. The quantitative estimate of drug-likeness (QED) is 0.826. The second-order valence-corrected chi connectivity index (χ2v) is 8.19. The van der Waals surface area contributed by atoms with Gasteiger partial charge in [-0.3, -0.25) is 9.59 Å². The molecule has 25 heavy (non-hydrogen) atoms. The third-order valence-electron chi connectivity index (χ3n) is 3.22. The predicted octanol–water partition coefficient (Wildman–Crippen LogP) is 0.793. The van der Waals surface area contributed by atoms with Crippen molar-refractivity contribution in [1.29, 1.82) is 0 Å². The van der Waals surface area contributed by atoms with Crippen molar-refractivity contribution in [2.45, 2.75) is 11.8 Å². The summed E-state index contributed by atoms with van der Waals surface area (Å²) < 4.78 is 27.6. The van der Waals surface area contributed by atoms with Gasteiger partial charge in [0.05, 0.1) is 11.4 Å². The zero-order valence-corrected chi connectivity index (χ0v) is 15.6. The van der Waals surface area contributed by atoms with E-state index in [2.05, 4.69) is 10.3 Å². The Morgan fingerprint density at radius 1 is 1.28 bits per heavy atom. The molecular formula is C15H18N4O4S2. The highest BCUT2D eigenvalue weighted by Gasteiger charge is 2.22. The number of anilines is 1. The Balaban J connectivity index is 2.14. The highest BCUT2D eigenvalue weighted by molar-refractivity contribution is 7.89. The van der Waals surface area contributed by atoms with Crippen LogP contribution in [0.1, 0.15) is 6.92 Å². The molecule has 0 saturated heterocycles. The molecule has 0 spiro atoms. The topological polar surface area (TPSA) is 101 Å². The van der Waals surface area contributed by atoms with Crippen molar-refractivity contribution in [3.63, 3.8) is 0 Å². The molecule has 0 aliphatic heterocycles. The minimum atomic E-state index is -3.83. The summed E-state index contributed by atoms with van der Waals surface area (Å²) in [5.74, 6) is -0.805. The van der Waals surface area contributed by atoms with Crippen molar-refractivity contribution in [3.05, 3.63) is 40.6 Å². The van der Waals surface area contributed by atoms with E-state index in [9.17, 15) is 18.0 Å². The van der Waals surface area contributed by atoms with E-state index in [-0.39, 0.29) is 17.3 Å². The molecular weight excluding hydrogens is 364 g/mol. The van der Waals surface area contributed by atoms with Gasteiger partial charge in [0, 0.05) is 38.3 Å². The zero-order chi connectivity index (χ0) is 18.6. The van der Waals surface area contributed by atoms with Crippen LogP contribution in [-0.2, 0) is 26.7 Å². The first kappa shape index (κ1) is 19.0. The van der Waals surface area contributed by atoms with Gasteiger partial charge in [-0.25, -0.2) is 8.42 Å². The van der Waals surface area contributed by atoms with Crippen molar-refractivity contribution in [2.24, 2.45) is 12.0 Å². The van der Waals surface area contributed by atoms with Gasteiger partial charge in [-0.1, -0.05) is 0 Å². The summed E-state index contributed by atoms with van der Waals surface area (Å²) >= 11 is 1.29. The zero-order valence-electron chi connectivity index (χ0n) is 14.0. The molecule has 1 N–H and O–H groups in total. The monoisotopic (exact) mass is 382 g/mol. The molecule has 2 amide bonds. The Labute approximate surface area is 149 Å². The summed E-state index contributed by atoms with van der Waals surface area (Å²) in [7, 11) is -0.764. The molecule has 2 rings (SSSR count). The number of hydrogen-bond donors (Lipinski definition) is 1. The Hall–Kier alpha value is -2.30. The van der Waals surface area contributed by atoms with Crippen molar-refractivity contribution in [2.75, 3.05) is 18.9 Å². The van der Waals surface area contributed by atoms with E-state index in [1.165, 1.54) is 49.6 Å². The molecule has 0 unspecified atom stereocenters. The van der Waals surface area contributed by atoms with Gasteiger partial charge in [-0.2, -0.15) is 9.30 Å². The number of aromatic nitrogens is 1. The molecule has 1 aromatic carbocycles. The number of thiazole rings is 1. The average molecular weight is 382 g/mol. The number of benzene rings is 1. The Bertz CT molecular complexity index is 942. The van der Waals surface area contributed by atoms with E-state index in [1.54, 1.807) is 23.2 Å². The third kappa shape index (κ3) is 4.84. The van der Waals surface area contributed by atoms with Gasteiger partial charge < -0.3 is 9.88 Å². The maximum atomic E-state index is 12.5. The summed E-state index contributed by atoms with van der Waals surface area (Å²) in [6.07, 6.45) is 1.76. The molecule has 1 aromatic heterocycles. The maximum absolute atomic E-state index is 12.5. The molecule has 0 aliphatic rings. The van der Waals surface area contributed by atoms with Crippen molar-refractivity contribution in [3.8, 4) is 0 Å². The fourth-order valence-corrected chi connectivity index (χ4v) is 3.81. The smallest absolute Gasteiger partial charge is 0.263 e. The summed E-state index contributed by atoms with van der Waals surface area (Å²) in [5.41, 5.74) is 0.491. The van der Waals surface area contributed by atoms with Crippen molar-refractivity contribution >= 4 is 38.9 Å². The number of carbonyl (C=O) groups is 2. The highest BCUT2D eigenvalue weighted by Crippen LogP contribution is 2.17. The minimum Gasteiger partial charge on any atom is -0.327 e. The van der Waals surface area contributed by atoms with Crippen LogP contribution in [0.4, 0.5) is 5.69 Å². The maximum Gasteiger partial charge on any atom is 0.263 e. The largest absolute Gasteiger partial charge is 0.327 e. The number of likely N-dealkylation sites (N-methyl/N-ethyl adjacent to an activating group) is 1. The standard InChI is InChI=1S/C15H18N4O4S2/c1-11(20)16-12-4-6-13(7-5-12)25(22,23)19(3)10-14(21)17-15-18(2)8-9-24-15/h4-9H,10H2,1-3H3,(H,16,20). The molecule has 10 heteroatoms. The molecule has 8 nitrogen and oxygen atoms in total. The number of amides is 2. The second-order valence-electron chi connectivity index (χ2n) is 5.27. The number of aryl methyl sites for hydroxylation is 1. The Kier molecular flexibility index (Phi) is 5.88. The van der Waals surface area contributed by atoms with Crippen LogP contribution >= 0.6 is 11.3 Å². The molecule has 0 aliphatic carbocycles. The van der Waals surface area contributed by atoms with Crippen LogP contribution in [0, 0.1) is 0 Å². The lowest BCUT2D eigenvalue weighted by molar-refractivity contribution is -0.118. The van der Waals surface area contributed by atoms with Crippen LogP contribution in [-0.4, -0.2) is 42.7 Å². The number of nitrogens with zero attached hydrogens (tertiary/aromatic N) is 3. The minimum absolute atomic E-state index is 0.0265. The number of carbonyl (C=O) groups excluding carboxylic acids is 2. The third-order valence-corrected chi connectivity index (χ3v) is 5.89. The van der Waals surface area contributed by atoms with E-state index >= 15 is 0 Å². The van der Waals surface area contributed by atoms with E-state index in [0.29, 0.717) is 10.5 Å². The van der Waals surface area contributed by atoms with Crippen LogP contribution in [0.15, 0.2) is 45.7 Å². The number of rotatable bonds is 5. The summed E-state index contributed by atoms with van der Waals surface area (Å²) in [6.45, 7) is 0.995. The number of hydrogen-bond acceptors (Lipinski definition) is 5. The van der Waals surface area contributed by atoms with Gasteiger partial charge in [-0.15, -0.1) is 11.3 Å². The van der Waals surface area contributed by atoms with Crippen molar-refractivity contribution in [1.82, 2.24) is 8.87 Å².